The van der Waals surface area contributed by atoms with Crippen LogP contribution in [-0.2, 0) is 35.4 Å². The molecule has 0 radical (unpaired) electrons. The van der Waals surface area contributed by atoms with Gasteiger partial charge in [-0.3, -0.25) is 19.2 Å². The van der Waals surface area contributed by atoms with Gasteiger partial charge in [-0.05, 0) is 41.8 Å². The number of nitrogens with zero attached hydrogens (tertiary/aromatic N) is 1. The molecule has 0 bridgehead atoms. The van der Waals surface area contributed by atoms with Crippen LogP contribution < -0.4 is 15.8 Å². The Hall–Kier alpha value is -3.69. The zero-order chi connectivity index (χ0) is 24.7. The molecule has 0 aliphatic carbocycles. The van der Waals surface area contributed by atoms with Crippen LogP contribution >= 0.6 is 22.9 Å². The second-order valence-electron chi connectivity index (χ2n) is 8.38. The van der Waals surface area contributed by atoms with Crippen molar-refractivity contribution in [1.29, 1.82) is 0 Å². The Morgan fingerprint density at radius 2 is 2.00 bits per heavy atom. The van der Waals surface area contributed by atoms with Crippen molar-refractivity contribution in [2.75, 3.05) is 11.9 Å². The molecule has 3 N–H and O–H groups in total. The lowest BCUT2D eigenvalue weighted by molar-refractivity contribution is -0.131. The number of fused-ring (bicyclic) bond motifs is 2. The number of primary amides is 1. The molecule has 35 heavy (non-hydrogen) atoms. The van der Waals surface area contributed by atoms with Crippen molar-refractivity contribution in [1.82, 2.24) is 4.90 Å². The van der Waals surface area contributed by atoms with E-state index in [4.69, 9.17) is 22.1 Å². The van der Waals surface area contributed by atoms with Gasteiger partial charge in [0.25, 0.3) is 11.8 Å². The number of hydrogen-bond acceptors (Lipinski definition) is 6. The number of rotatable bonds is 5. The van der Waals surface area contributed by atoms with Crippen LogP contribution in [0.25, 0.3) is 0 Å². The van der Waals surface area contributed by atoms with E-state index in [2.05, 4.69) is 5.32 Å². The first-order valence-electron chi connectivity index (χ1n) is 10.9. The lowest BCUT2D eigenvalue weighted by Crippen LogP contribution is -2.36. The molecular formula is C25H20ClN3O5S. The Labute approximate surface area is 209 Å². The van der Waals surface area contributed by atoms with E-state index in [0.29, 0.717) is 39.9 Å². The quantitative estimate of drug-likeness (QED) is 0.404. The minimum absolute atomic E-state index is 0.0921. The fourth-order valence-corrected chi connectivity index (χ4v) is 5.85. The van der Waals surface area contributed by atoms with Crippen LogP contribution in [0.1, 0.15) is 42.3 Å². The van der Waals surface area contributed by atoms with Crippen molar-refractivity contribution >= 4 is 51.6 Å². The van der Waals surface area contributed by atoms with Crippen molar-refractivity contribution in [2.24, 2.45) is 5.73 Å². The van der Waals surface area contributed by atoms with E-state index < -0.39 is 5.91 Å². The average molecular weight is 510 g/mol. The highest BCUT2D eigenvalue weighted by molar-refractivity contribution is 7.17. The number of ether oxygens (including phenoxy) is 1. The highest BCUT2D eigenvalue weighted by atomic mass is 35.5. The first-order valence-corrected chi connectivity index (χ1v) is 12.1. The van der Waals surface area contributed by atoms with Gasteiger partial charge in [0.1, 0.15) is 10.8 Å². The van der Waals surface area contributed by atoms with Crippen LogP contribution in [0.3, 0.4) is 0 Å². The maximum atomic E-state index is 13.1. The molecular weight excluding hydrogens is 490 g/mol. The Balaban J connectivity index is 1.34. The van der Waals surface area contributed by atoms with Crippen LogP contribution in [0.5, 0.6) is 5.75 Å². The normalized spacial score (nSPS) is 14.2. The number of amides is 3. The first-order chi connectivity index (χ1) is 16.8. The molecule has 2 aliphatic rings. The molecule has 0 unspecified atom stereocenters. The summed E-state index contributed by atoms with van der Waals surface area (Å²) in [6.07, 6.45) is 0.725. The van der Waals surface area contributed by atoms with Crippen molar-refractivity contribution in [2.45, 2.75) is 25.8 Å². The van der Waals surface area contributed by atoms with Crippen molar-refractivity contribution in [3.05, 3.63) is 80.2 Å². The third kappa shape index (κ3) is 4.65. The van der Waals surface area contributed by atoms with E-state index in [9.17, 15) is 19.2 Å². The Bertz CT molecular complexity index is 1400. The molecule has 3 amide bonds. The minimum Gasteiger partial charge on any atom is -0.426 e. The zero-order valence-electron chi connectivity index (χ0n) is 18.4. The maximum Gasteiger partial charge on any atom is 0.315 e. The van der Waals surface area contributed by atoms with Gasteiger partial charge in [0.05, 0.1) is 24.9 Å². The van der Waals surface area contributed by atoms with E-state index in [-0.39, 0.29) is 37.2 Å². The third-order valence-electron chi connectivity index (χ3n) is 5.97. The van der Waals surface area contributed by atoms with Crippen LogP contribution in [-0.4, -0.2) is 35.1 Å². The van der Waals surface area contributed by atoms with Gasteiger partial charge in [-0.15, -0.1) is 11.3 Å². The summed E-state index contributed by atoms with van der Waals surface area (Å²) in [5, 5.41) is 3.72. The van der Waals surface area contributed by atoms with Gasteiger partial charge in [0, 0.05) is 27.6 Å². The molecule has 0 atom stereocenters. The van der Waals surface area contributed by atoms with E-state index >= 15 is 0 Å². The van der Waals surface area contributed by atoms with Gasteiger partial charge in [0.15, 0.2) is 0 Å². The number of hydrogen-bond donors (Lipinski definition) is 2. The molecule has 8 nitrogen and oxygen atoms in total. The molecule has 5 rings (SSSR count). The standard InChI is InChI=1S/C25H20ClN3O5S/c26-16-3-1-2-13(8-16)9-20(30)28-24-22(23(27)32)17-6-7-29(12-19(17)35-24)25(33)15-5-4-14-11-21(31)34-18(14)10-15/h1-5,8,10H,6-7,9,11-12H2,(H2,27,32)(H,28,30). The molecule has 0 saturated heterocycles. The smallest absolute Gasteiger partial charge is 0.315 e. The summed E-state index contributed by atoms with van der Waals surface area (Å²) in [6.45, 7) is 0.662. The van der Waals surface area contributed by atoms with Crippen LogP contribution in [0.15, 0.2) is 42.5 Å². The van der Waals surface area contributed by atoms with Crippen LogP contribution in [0.2, 0.25) is 5.02 Å². The predicted octanol–water partition coefficient (Wildman–Crippen LogP) is 3.34. The SMILES string of the molecule is NC(=O)c1c(NC(=O)Cc2cccc(Cl)c2)sc2c1CCN(C(=O)c1ccc3c(c1)OC(=O)C3)C2. The summed E-state index contributed by atoms with van der Waals surface area (Å²) in [6, 6.07) is 12.0. The first kappa shape index (κ1) is 23.1. The molecule has 0 spiro atoms. The fraction of sp³-hybridized carbons (Fsp3) is 0.200. The molecule has 0 fully saturated rings. The number of halogens is 1. The van der Waals surface area contributed by atoms with Gasteiger partial charge in [-0.1, -0.05) is 29.8 Å². The van der Waals surface area contributed by atoms with E-state index in [0.717, 1.165) is 21.6 Å². The van der Waals surface area contributed by atoms with Gasteiger partial charge < -0.3 is 20.7 Å². The number of benzene rings is 2. The lowest BCUT2D eigenvalue weighted by atomic mass is 10.0. The summed E-state index contributed by atoms with van der Waals surface area (Å²) in [5.74, 6) is -1.05. The molecule has 3 heterocycles. The number of anilines is 1. The summed E-state index contributed by atoms with van der Waals surface area (Å²) < 4.78 is 5.17. The Morgan fingerprint density at radius 3 is 2.77 bits per heavy atom. The molecule has 2 aliphatic heterocycles. The molecule has 10 heteroatoms. The summed E-state index contributed by atoms with van der Waals surface area (Å²) >= 11 is 7.24. The van der Waals surface area contributed by atoms with Gasteiger partial charge in [-0.25, -0.2) is 0 Å². The molecule has 3 aromatic rings. The highest BCUT2D eigenvalue weighted by Gasteiger charge is 2.31. The van der Waals surface area contributed by atoms with Crippen molar-refractivity contribution in [3.8, 4) is 5.75 Å². The summed E-state index contributed by atoms with van der Waals surface area (Å²) in [5.41, 5.74) is 8.63. The number of nitrogens with two attached hydrogens (primary N) is 1. The topological polar surface area (TPSA) is 119 Å². The molecule has 0 saturated carbocycles. The number of thiophene rings is 1. The molecule has 2 aromatic carbocycles. The van der Waals surface area contributed by atoms with Crippen molar-refractivity contribution < 1.29 is 23.9 Å². The van der Waals surface area contributed by atoms with Gasteiger partial charge in [-0.2, -0.15) is 0 Å². The molecule has 1 aromatic heterocycles. The van der Waals surface area contributed by atoms with Crippen molar-refractivity contribution in [3.63, 3.8) is 0 Å². The average Bonchev–Trinajstić information content (AvgIpc) is 3.36. The van der Waals surface area contributed by atoms with Gasteiger partial charge in [0.2, 0.25) is 5.91 Å². The van der Waals surface area contributed by atoms with Gasteiger partial charge >= 0.3 is 5.97 Å². The zero-order valence-corrected chi connectivity index (χ0v) is 20.0. The third-order valence-corrected chi connectivity index (χ3v) is 7.34. The predicted molar refractivity (Wildman–Crippen MR) is 131 cm³/mol. The summed E-state index contributed by atoms with van der Waals surface area (Å²) in [4.78, 5) is 52.0. The lowest BCUT2D eigenvalue weighted by Gasteiger charge is -2.27. The molecule has 178 valence electrons. The van der Waals surface area contributed by atoms with E-state index in [1.807, 2.05) is 0 Å². The minimum atomic E-state index is -0.624. The second-order valence-corrected chi connectivity index (χ2v) is 9.92. The maximum absolute atomic E-state index is 13.1. The Kier molecular flexibility index (Phi) is 6.04. The van der Waals surface area contributed by atoms with Crippen LogP contribution in [0, 0.1) is 0 Å². The second kappa shape index (κ2) is 9.16. The number of carbonyl (C=O) groups is 4. The highest BCUT2D eigenvalue weighted by Crippen LogP contribution is 2.37. The largest absolute Gasteiger partial charge is 0.426 e. The van der Waals surface area contributed by atoms with Crippen LogP contribution in [0.4, 0.5) is 5.00 Å². The monoisotopic (exact) mass is 509 g/mol. The fourth-order valence-electron chi connectivity index (χ4n) is 4.35. The van der Waals surface area contributed by atoms with E-state index in [1.165, 1.54) is 11.3 Å². The number of nitrogens with one attached hydrogen (secondary N) is 1. The summed E-state index contributed by atoms with van der Waals surface area (Å²) in [7, 11) is 0. The van der Waals surface area contributed by atoms with E-state index in [1.54, 1.807) is 47.4 Å². The Morgan fingerprint density at radius 1 is 1.17 bits per heavy atom. The number of esters is 1. The number of carbonyl (C=O) groups excluding carboxylic acids is 4.